The Bertz CT molecular complexity index is 555. The third kappa shape index (κ3) is 2.50. The maximum atomic E-state index is 11.0. The molecule has 7 heteroatoms. The molecule has 0 saturated carbocycles. The number of unbranched alkanes of at least 4 members (excludes halogenated alkanes) is 2. The van der Waals surface area contributed by atoms with Gasteiger partial charge in [-0.3, -0.25) is 4.55 Å². The topological polar surface area (TPSA) is 91.5 Å². The lowest BCUT2D eigenvalue weighted by Crippen LogP contribution is -2.00. The van der Waals surface area contributed by atoms with Crippen LogP contribution in [-0.4, -0.2) is 18.7 Å². The number of hydrogen-bond donors (Lipinski definition) is 1. The highest BCUT2D eigenvalue weighted by molar-refractivity contribution is 7.89. The minimum atomic E-state index is -4.33. The van der Waals surface area contributed by atoms with E-state index in [0.29, 0.717) is 5.70 Å². The van der Waals surface area contributed by atoms with E-state index in [1.165, 1.54) is 0 Å². The molecular formula is C10H13N3O3S. The second-order valence-corrected chi connectivity index (χ2v) is 5.26. The summed E-state index contributed by atoms with van der Waals surface area (Å²) in [4.78, 5) is 4.15. The molecule has 0 unspecified atom stereocenters. The Hall–Kier alpha value is -1.34. The first-order valence-corrected chi connectivity index (χ1v) is 6.89. The summed E-state index contributed by atoms with van der Waals surface area (Å²) in [5, 5.41) is 6.65. The molecule has 0 fully saturated rings. The van der Waals surface area contributed by atoms with Gasteiger partial charge in [0.1, 0.15) is 11.4 Å². The van der Waals surface area contributed by atoms with Crippen LogP contribution in [0.25, 0.3) is 0 Å². The number of hydrogen-bond acceptors (Lipinski definition) is 5. The van der Waals surface area contributed by atoms with Crippen LogP contribution >= 0.6 is 0 Å². The summed E-state index contributed by atoms with van der Waals surface area (Å²) in [6.07, 6.45) is 5.73. The van der Waals surface area contributed by atoms with Crippen LogP contribution in [0.1, 0.15) is 32.6 Å². The van der Waals surface area contributed by atoms with Crippen molar-refractivity contribution in [3.8, 4) is 0 Å². The van der Waals surface area contributed by atoms with E-state index in [0.717, 1.165) is 31.4 Å². The monoisotopic (exact) mass is 255 g/mol. The Morgan fingerprint density at radius 1 is 1.29 bits per heavy atom. The van der Waals surface area contributed by atoms with Gasteiger partial charge >= 0.3 is 10.1 Å². The van der Waals surface area contributed by atoms with E-state index in [1.54, 1.807) is 6.08 Å². The van der Waals surface area contributed by atoms with Crippen molar-refractivity contribution in [2.24, 2.45) is 15.2 Å². The predicted molar refractivity (Wildman–Crippen MR) is 63.1 cm³/mol. The van der Waals surface area contributed by atoms with Crippen LogP contribution in [0.4, 0.5) is 0 Å². The number of azo groups is 1. The fourth-order valence-corrected chi connectivity index (χ4v) is 2.24. The second kappa shape index (κ2) is 4.50. The molecule has 2 rings (SSSR count). The Labute approximate surface area is 99.6 Å². The van der Waals surface area contributed by atoms with Gasteiger partial charge < -0.3 is 0 Å². The molecule has 0 spiro atoms. The maximum Gasteiger partial charge on any atom is 0.316 e. The highest BCUT2D eigenvalue weighted by Gasteiger charge is 2.30. The van der Waals surface area contributed by atoms with Gasteiger partial charge in [0.2, 0.25) is 5.03 Å². The Morgan fingerprint density at radius 3 is 2.71 bits per heavy atom. The van der Waals surface area contributed by atoms with Crippen molar-refractivity contribution in [2.75, 3.05) is 0 Å². The first kappa shape index (κ1) is 12.1. The number of fused-ring (bicyclic) bond motifs is 1. The van der Waals surface area contributed by atoms with Crippen molar-refractivity contribution >= 4 is 15.8 Å². The molecule has 92 valence electrons. The van der Waals surface area contributed by atoms with E-state index in [1.807, 2.05) is 0 Å². The third-order valence-electron chi connectivity index (χ3n) is 2.53. The number of aliphatic imine (C=N–C) groups is 1. The van der Waals surface area contributed by atoms with E-state index in [2.05, 4.69) is 22.1 Å². The van der Waals surface area contributed by atoms with E-state index in [-0.39, 0.29) is 5.70 Å². The standard InChI is InChI=1S/C10H13N3O3S/c1-2-3-4-5-7-6-8-9(11-7)10(13-12-8)17(14,15)16/h6H,2-5H2,1H3,(H,14,15,16). The van der Waals surface area contributed by atoms with Crippen molar-refractivity contribution in [3.63, 3.8) is 0 Å². The summed E-state index contributed by atoms with van der Waals surface area (Å²) in [7, 11) is -4.33. The minimum Gasteiger partial charge on any atom is -0.281 e. The molecule has 0 aromatic rings. The third-order valence-corrected chi connectivity index (χ3v) is 3.30. The summed E-state index contributed by atoms with van der Waals surface area (Å²) in [6, 6.07) is 0. The fraction of sp³-hybridized carbons (Fsp3) is 0.500. The van der Waals surface area contributed by atoms with Crippen LogP contribution in [0.15, 0.2) is 37.7 Å². The number of nitrogens with zero attached hydrogens (tertiary/aromatic N) is 3. The zero-order chi connectivity index (χ0) is 12.5. The van der Waals surface area contributed by atoms with Crippen LogP contribution in [0.5, 0.6) is 0 Å². The van der Waals surface area contributed by atoms with Crippen LogP contribution in [0.2, 0.25) is 0 Å². The average Bonchev–Trinajstić information content (AvgIpc) is 2.74. The molecule has 0 saturated heterocycles. The first-order chi connectivity index (χ1) is 8.02. The van der Waals surface area contributed by atoms with Gasteiger partial charge in [-0.2, -0.15) is 8.42 Å². The zero-order valence-electron chi connectivity index (χ0n) is 9.42. The lowest BCUT2D eigenvalue weighted by atomic mass is 10.1. The van der Waals surface area contributed by atoms with Crippen molar-refractivity contribution in [3.05, 3.63) is 22.5 Å². The van der Waals surface area contributed by atoms with Crippen molar-refractivity contribution in [1.82, 2.24) is 0 Å². The SMILES string of the molecule is CCCCCC1=NC2=C(S(=O)(=O)O)N=NC2=C1. The van der Waals surface area contributed by atoms with E-state index in [4.69, 9.17) is 4.55 Å². The second-order valence-electron chi connectivity index (χ2n) is 3.92. The van der Waals surface area contributed by atoms with Gasteiger partial charge in [-0.1, -0.05) is 19.8 Å². The van der Waals surface area contributed by atoms with E-state index < -0.39 is 15.1 Å². The van der Waals surface area contributed by atoms with E-state index in [9.17, 15) is 8.42 Å². The Kier molecular flexibility index (Phi) is 3.21. The van der Waals surface area contributed by atoms with E-state index >= 15 is 0 Å². The first-order valence-electron chi connectivity index (χ1n) is 5.45. The lowest BCUT2D eigenvalue weighted by molar-refractivity contribution is 0.490. The molecule has 1 N–H and O–H groups in total. The summed E-state index contributed by atoms with van der Waals surface area (Å²) >= 11 is 0. The van der Waals surface area contributed by atoms with Gasteiger partial charge in [0.15, 0.2) is 0 Å². The van der Waals surface area contributed by atoms with Gasteiger partial charge in [-0.05, 0) is 18.9 Å². The predicted octanol–water partition coefficient (Wildman–Crippen LogP) is 2.43. The highest BCUT2D eigenvalue weighted by Crippen LogP contribution is 2.33. The van der Waals surface area contributed by atoms with Gasteiger partial charge in [0.05, 0.1) is 0 Å². The minimum absolute atomic E-state index is 0.166. The molecule has 0 amide bonds. The molecule has 2 heterocycles. The quantitative estimate of drug-likeness (QED) is 0.604. The van der Waals surface area contributed by atoms with Gasteiger partial charge in [-0.15, -0.1) is 10.2 Å². The van der Waals surface area contributed by atoms with Crippen molar-refractivity contribution in [2.45, 2.75) is 32.6 Å². The van der Waals surface area contributed by atoms with Crippen LogP contribution in [0, 0.1) is 0 Å². The Balaban J connectivity index is 2.20. The summed E-state index contributed by atoms with van der Waals surface area (Å²) < 4.78 is 30.9. The average molecular weight is 255 g/mol. The molecule has 6 nitrogen and oxygen atoms in total. The molecule has 0 atom stereocenters. The fourth-order valence-electron chi connectivity index (χ4n) is 1.70. The largest absolute Gasteiger partial charge is 0.316 e. The molecule has 2 aliphatic rings. The molecule has 0 radical (unpaired) electrons. The zero-order valence-corrected chi connectivity index (χ0v) is 10.2. The smallest absolute Gasteiger partial charge is 0.281 e. The molecular weight excluding hydrogens is 242 g/mol. The summed E-state index contributed by atoms with van der Waals surface area (Å²) in [5.41, 5.74) is 1.38. The number of allylic oxidation sites excluding steroid dienone is 1. The Morgan fingerprint density at radius 2 is 2.06 bits per heavy atom. The molecule has 0 aliphatic carbocycles. The summed E-state index contributed by atoms with van der Waals surface area (Å²) in [5.74, 6) is 0. The highest BCUT2D eigenvalue weighted by atomic mass is 32.2. The maximum absolute atomic E-state index is 11.0. The normalized spacial score (nSPS) is 18.5. The van der Waals surface area contributed by atoms with Gasteiger partial charge in [-0.25, -0.2) is 4.99 Å². The molecule has 0 bridgehead atoms. The van der Waals surface area contributed by atoms with Gasteiger partial charge in [0.25, 0.3) is 0 Å². The van der Waals surface area contributed by atoms with Crippen LogP contribution < -0.4 is 0 Å². The molecule has 2 aliphatic heterocycles. The van der Waals surface area contributed by atoms with Crippen molar-refractivity contribution in [1.29, 1.82) is 0 Å². The summed E-state index contributed by atoms with van der Waals surface area (Å²) in [6.45, 7) is 2.11. The number of rotatable bonds is 5. The lowest BCUT2D eigenvalue weighted by Gasteiger charge is -1.96. The van der Waals surface area contributed by atoms with Crippen LogP contribution in [-0.2, 0) is 10.1 Å². The molecule has 0 aromatic carbocycles. The molecule has 0 aromatic heterocycles. The van der Waals surface area contributed by atoms with Crippen molar-refractivity contribution < 1.29 is 13.0 Å². The van der Waals surface area contributed by atoms with Crippen LogP contribution in [0.3, 0.4) is 0 Å². The molecule has 17 heavy (non-hydrogen) atoms. The van der Waals surface area contributed by atoms with Gasteiger partial charge in [0, 0.05) is 5.71 Å².